The van der Waals surface area contributed by atoms with Crippen LogP contribution in [0.3, 0.4) is 0 Å². The average Bonchev–Trinajstić information content (AvgIpc) is 2.32. The molecule has 1 nitrogen and oxygen atoms in total. The molecule has 0 saturated heterocycles. The topological polar surface area (TPSA) is 20.2 Å². The largest absolute Gasteiger partial charge is 0.508 e. The van der Waals surface area contributed by atoms with Gasteiger partial charge in [0.25, 0.3) is 0 Å². The Hall–Kier alpha value is -2.02. The molecule has 15 heavy (non-hydrogen) atoms. The SMILES string of the molecule is C=Cc1ccccc1.Oc1ccccc1. The fraction of sp³-hybridized carbons (Fsp3) is 0. The van der Waals surface area contributed by atoms with E-state index in [4.69, 9.17) is 5.11 Å². The third-order valence-electron chi connectivity index (χ3n) is 1.79. The second-order valence-corrected chi connectivity index (χ2v) is 2.95. The highest BCUT2D eigenvalue weighted by molar-refractivity contribution is 5.45. The molecular weight excluding hydrogens is 184 g/mol. The molecule has 0 aromatic heterocycles. The Bertz CT molecular complexity index is 379. The van der Waals surface area contributed by atoms with E-state index in [-0.39, 0.29) is 0 Å². The summed E-state index contributed by atoms with van der Waals surface area (Å²) in [5.74, 6) is 0.322. The minimum atomic E-state index is 0.322. The monoisotopic (exact) mass is 198 g/mol. The molecule has 0 aliphatic carbocycles. The minimum Gasteiger partial charge on any atom is -0.508 e. The van der Waals surface area contributed by atoms with Crippen molar-refractivity contribution in [1.82, 2.24) is 0 Å². The minimum absolute atomic E-state index is 0.322. The van der Waals surface area contributed by atoms with Crippen molar-refractivity contribution in [2.24, 2.45) is 0 Å². The molecule has 1 heteroatoms. The number of hydrogen-bond acceptors (Lipinski definition) is 1. The van der Waals surface area contributed by atoms with E-state index < -0.39 is 0 Å². The lowest BCUT2D eigenvalue weighted by molar-refractivity contribution is 0.475. The van der Waals surface area contributed by atoms with Crippen molar-refractivity contribution in [1.29, 1.82) is 0 Å². The Morgan fingerprint density at radius 1 is 0.800 bits per heavy atom. The summed E-state index contributed by atoms with van der Waals surface area (Å²) in [7, 11) is 0. The summed E-state index contributed by atoms with van der Waals surface area (Å²) in [6.07, 6.45) is 1.83. The maximum absolute atomic E-state index is 8.63. The Morgan fingerprint density at radius 3 is 1.53 bits per heavy atom. The fourth-order valence-electron chi connectivity index (χ4n) is 1.02. The predicted molar refractivity (Wildman–Crippen MR) is 64.6 cm³/mol. The van der Waals surface area contributed by atoms with E-state index in [1.807, 2.05) is 42.5 Å². The Labute approximate surface area is 90.3 Å². The van der Waals surface area contributed by atoms with Crippen molar-refractivity contribution < 1.29 is 5.11 Å². The molecule has 0 heterocycles. The number of phenolic OH excluding ortho intramolecular Hbond substituents is 1. The molecular formula is C14H14O. The first-order valence-corrected chi connectivity index (χ1v) is 4.74. The molecule has 2 aromatic carbocycles. The van der Waals surface area contributed by atoms with Gasteiger partial charge in [-0.05, 0) is 17.7 Å². The van der Waals surface area contributed by atoms with Gasteiger partial charge in [0, 0.05) is 0 Å². The lowest BCUT2D eigenvalue weighted by atomic mass is 10.2. The molecule has 0 spiro atoms. The van der Waals surface area contributed by atoms with Gasteiger partial charge in [0.15, 0.2) is 0 Å². The van der Waals surface area contributed by atoms with Crippen LogP contribution in [0.5, 0.6) is 5.75 Å². The van der Waals surface area contributed by atoms with E-state index in [0.717, 1.165) is 0 Å². The first kappa shape index (κ1) is 11.1. The molecule has 0 amide bonds. The molecule has 0 aliphatic rings. The Balaban J connectivity index is 0.000000151. The molecule has 0 aliphatic heterocycles. The zero-order valence-corrected chi connectivity index (χ0v) is 8.51. The summed E-state index contributed by atoms with van der Waals surface area (Å²) in [6.45, 7) is 3.63. The van der Waals surface area contributed by atoms with Gasteiger partial charge in [-0.25, -0.2) is 0 Å². The number of para-hydroxylation sites is 1. The van der Waals surface area contributed by atoms with Gasteiger partial charge in [0.1, 0.15) is 5.75 Å². The van der Waals surface area contributed by atoms with Crippen molar-refractivity contribution in [2.75, 3.05) is 0 Å². The van der Waals surface area contributed by atoms with E-state index in [2.05, 4.69) is 6.58 Å². The Morgan fingerprint density at radius 2 is 1.27 bits per heavy atom. The van der Waals surface area contributed by atoms with Crippen LogP contribution in [0.15, 0.2) is 67.2 Å². The molecule has 0 fully saturated rings. The molecule has 2 rings (SSSR count). The van der Waals surface area contributed by atoms with Gasteiger partial charge in [0.2, 0.25) is 0 Å². The van der Waals surface area contributed by atoms with Gasteiger partial charge in [-0.1, -0.05) is 61.2 Å². The fourth-order valence-corrected chi connectivity index (χ4v) is 1.02. The summed E-state index contributed by atoms with van der Waals surface area (Å²) in [6, 6.07) is 18.7. The maximum atomic E-state index is 8.63. The van der Waals surface area contributed by atoms with Gasteiger partial charge >= 0.3 is 0 Å². The van der Waals surface area contributed by atoms with Crippen LogP contribution in [0.2, 0.25) is 0 Å². The van der Waals surface area contributed by atoms with Crippen molar-refractivity contribution >= 4 is 6.08 Å². The maximum Gasteiger partial charge on any atom is 0.115 e. The highest BCUT2D eigenvalue weighted by atomic mass is 16.3. The standard InChI is InChI=1S/C8H8.C6H6O/c1-2-8-6-4-3-5-7-8;7-6-4-2-1-3-5-6/h2-7H,1H2;1-5,7H. The van der Waals surface area contributed by atoms with E-state index in [9.17, 15) is 0 Å². The average molecular weight is 198 g/mol. The number of aromatic hydroxyl groups is 1. The normalized spacial score (nSPS) is 8.53. The quantitative estimate of drug-likeness (QED) is 0.740. The second kappa shape index (κ2) is 6.44. The summed E-state index contributed by atoms with van der Waals surface area (Å²) < 4.78 is 0. The summed E-state index contributed by atoms with van der Waals surface area (Å²) in [4.78, 5) is 0. The summed E-state index contributed by atoms with van der Waals surface area (Å²) >= 11 is 0. The van der Waals surface area contributed by atoms with Crippen LogP contribution in [0.1, 0.15) is 5.56 Å². The summed E-state index contributed by atoms with van der Waals surface area (Å²) in [5, 5.41) is 8.63. The molecule has 0 radical (unpaired) electrons. The smallest absolute Gasteiger partial charge is 0.115 e. The van der Waals surface area contributed by atoms with Crippen molar-refractivity contribution in [3.05, 3.63) is 72.8 Å². The van der Waals surface area contributed by atoms with Crippen LogP contribution in [-0.4, -0.2) is 5.11 Å². The first-order valence-electron chi connectivity index (χ1n) is 4.74. The lowest BCUT2D eigenvalue weighted by Crippen LogP contribution is -1.63. The third-order valence-corrected chi connectivity index (χ3v) is 1.79. The molecule has 2 aromatic rings. The van der Waals surface area contributed by atoms with Gasteiger partial charge in [-0.3, -0.25) is 0 Å². The highest BCUT2D eigenvalue weighted by Crippen LogP contribution is 2.02. The molecule has 76 valence electrons. The summed E-state index contributed by atoms with van der Waals surface area (Å²) in [5.41, 5.74) is 1.17. The van der Waals surface area contributed by atoms with Crippen LogP contribution in [0.25, 0.3) is 6.08 Å². The van der Waals surface area contributed by atoms with Crippen LogP contribution in [-0.2, 0) is 0 Å². The number of phenols is 1. The van der Waals surface area contributed by atoms with Crippen molar-refractivity contribution in [3.63, 3.8) is 0 Å². The zero-order valence-electron chi connectivity index (χ0n) is 8.51. The number of hydrogen-bond donors (Lipinski definition) is 1. The van der Waals surface area contributed by atoms with Gasteiger partial charge in [-0.2, -0.15) is 0 Å². The van der Waals surface area contributed by atoms with Gasteiger partial charge in [0.05, 0.1) is 0 Å². The van der Waals surface area contributed by atoms with E-state index in [0.29, 0.717) is 5.75 Å². The molecule has 0 bridgehead atoms. The highest BCUT2D eigenvalue weighted by Gasteiger charge is 1.76. The molecule has 1 N–H and O–H groups in total. The third kappa shape index (κ3) is 4.67. The van der Waals surface area contributed by atoms with Crippen LogP contribution in [0.4, 0.5) is 0 Å². The molecule has 0 atom stereocenters. The number of benzene rings is 2. The second-order valence-electron chi connectivity index (χ2n) is 2.95. The van der Waals surface area contributed by atoms with Crippen LogP contribution in [0, 0.1) is 0 Å². The van der Waals surface area contributed by atoms with E-state index in [1.165, 1.54) is 5.56 Å². The van der Waals surface area contributed by atoms with Gasteiger partial charge < -0.3 is 5.11 Å². The number of rotatable bonds is 1. The van der Waals surface area contributed by atoms with Crippen LogP contribution < -0.4 is 0 Å². The van der Waals surface area contributed by atoms with Crippen molar-refractivity contribution in [2.45, 2.75) is 0 Å². The molecule has 0 unspecified atom stereocenters. The Kier molecular flexibility index (Phi) is 4.74. The predicted octanol–water partition coefficient (Wildman–Crippen LogP) is 3.72. The molecule has 0 saturated carbocycles. The first-order chi connectivity index (χ1) is 7.33. The van der Waals surface area contributed by atoms with Crippen molar-refractivity contribution in [3.8, 4) is 5.75 Å². The zero-order chi connectivity index (χ0) is 10.9. The van der Waals surface area contributed by atoms with Crippen LogP contribution >= 0.6 is 0 Å². The van der Waals surface area contributed by atoms with E-state index >= 15 is 0 Å². The lowest BCUT2D eigenvalue weighted by Gasteiger charge is -1.85. The van der Waals surface area contributed by atoms with E-state index in [1.54, 1.807) is 24.3 Å². The van der Waals surface area contributed by atoms with Gasteiger partial charge in [-0.15, -0.1) is 0 Å².